The molecule has 0 saturated carbocycles. The van der Waals surface area contributed by atoms with Crippen LogP contribution in [0.5, 0.6) is 5.75 Å². The summed E-state index contributed by atoms with van der Waals surface area (Å²) in [6.07, 6.45) is 0.754. The van der Waals surface area contributed by atoms with Crippen molar-refractivity contribution in [1.29, 1.82) is 0 Å². The number of sulfonamides is 1. The number of nitrogens with zero attached hydrogens (tertiary/aromatic N) is 2. The van der Waals surface area contributed by atoms with E-state index in [-0.39, 0.29) is 29.2 Å². The monoisotopic (exact) mass is 356 g/mol. The summed E-state index contributed by atoms with van der Waals surface area (Å²) >= 11 is 0. The fraction of sp³-hybridized carbons (Fsp3) is 0.467. The van der Waals surface area contributed by atoms with E-state index >= 15 is 0 Å². The smallest absolute Gasteiger partial charge is 0.322 e. The van der Waals surface area contributed by atoms with E-state index in [9.17, 15) is 23.1 Å². The molecule has 0 aliphatic carbocycles. The summed E-state index contributed by atoms with van der Waals surface area (Å²) in [4.78, 5) is 24.7. The fourth-order valence-electron chi connectivity index (χ4n) is 2.67. The van der Waals surface area contributed by atoms with Gasteiger partial charge in [-0.25, -0.2) is 8.42 Å². The number of carboxylic acid groups (broad SMARTS) is 1. The lowest BCUT2D eigenvalue weighted by molar-refractivity contribution is -0.140. The molecule has 0 spiro atoms. The predicted octanol–water partition coefficient (Wildman–Crippen LogP) is 0.635. The number of amides is 1. The van der Waals surface area contributed by atoms with E-state index in [0.717, 1.165) is 4.31 Å². The largest absolute Gasteiger partial charge is 0.496 e. The van der Waals surface area contributed by atoms with E-state index in [0.29, 0.717) is 6.42 Å². The molecule has 1 aromatic carbocycles. The van der Waals surface area contributed by atoms with E-state index in [2.05, 4.69) is 0 Å². The molecule has 9 heteroatoms. The van der Waals surface area contributed by atoms with Crippen LogP contribution < -0.4 is 4.74 Å². The molecule has 8 nitrogen and oxygen atoms in total. The quantitative estimate of drug-likeness (QED) is 0.830. The topological polar surface area (TPSA) is 104 Å². The fourth-order valence-corrected chi connectivity index (χ4v) is 4.34. The van der Waals surface area contributed by atoms with E-state index in [1.54, 1.807) is 14.1 Å². The molecule has 1 atom stereocenters. The minimum Gasteiger partial charge on any atom is -0.496 e. The van der Waals surface area contributed by atoms with Crippen LogP contribution in [0.4, 0.5) is 0 Å². The number of aliphatic carboxylic acids is 1. The Morgan fingerprint density at radius 3 is 2.54 bits per heavy atom. The molecule has 0 unspecified atom stereocenters. The van der Waals surface area contributed by atoms with Gasteiger partial charge in [0.25, 0.3) is 5.91 Å². The summed E-state index contributed by atoms with van der Waals surface area (Å²) in [5, 5.41) is 9.20. The highest BCUT2D eigenvalue weighted by Crippen LogP contribution is 2.29. The standard InChI is InChI=1S/C15H20N2O6S/c1-16(2)14(18)11-9-10(6-7-13(11)23-3)24(21,22)17-8-4-5-12(17)15(19)20/h6-7,9,12H,4-5,8H2,1-3H3,(H,19,20)/t12-/m0/s1. The lowest BCUT2D eigenvalue weighted by Crippen LogP contribution is -2.40. The Morgan fingerprint density at radius 2 is 2.00 bits per heavy atom. The van der Waals surface area contributed by atoms with Gasteiger partial charge in [0.1, 0.15) is 11.8 Å². The number of carbonyl (C=O) groups is 2. The number of methoxy groups -OCH3 is 1. The average Bonchev–Trinajstić information content (AvgIpc) is 3.04. The molecule has 0 bridgehead atoms. The normalized spacial score (nSPS) is 18.4. The van der Waals surface area contributed by atoms with Crippen LogP contribution in [0.15, 0.2) is 23.1 Å². The summed E-state index contributed by atoms with van der Waals surface area (Å²) in [5.74, 6) is -1.32. The predicted molar refractivity (Wildman–Crippen MR) is 85.6 cm³/mol. The number of rotatable bonds is 5. The average molecular weight is 356 g/mol. The first-order chi connectivity index (χ1) is 11.2. The minimum absolute atomic E-state index is 0.106. The van der Waals surface area contributed by atoms with Gasteiger partial charge in [0.15, 0.2) is 0 Å². The lowest BCUT2D eigenvalue weighted by atomic mass is 10.2. The summed E-state index contributed by atoms with van der Waals surface area (Å²) in [5.41, 5.74) is 0.106. The second-order valence-electron chi connectivity index (χ2n) is 5.67. The van der Waals surface area contributed by atoms with Gasteiger partial charge in [0.05, 0.1) is 17.6 Å². The number of carboxylic acids is 1. The van der Waals surface area contributed by atoms with Crippen LogP contribution in [0.1, 0.15) is 23.2 Å². The third kappa shape index (κ3) is 3.22. The van der Waals surface area contributed by atoms with Crippen molar-refractivity contribution in [2.45, 2.75) is 23.8 Å². The molecular formula is C15H20N2O6S. The summed E-state index contributed by atoms with van der Waals surface area (Å²) in [7, 11) is 0.463. The second-order valence-corrected chi connectivity index (χ2v) is 7.56. The maximum atomic E-state index is 12.8. The molecular weight excluding hydrogens is 336 g/mol. The zero-order valence-corrected chi connectivity index (χ0v) is 14.5. The SMILES string of the molecule is COc1ccc(S(=O)(=O)N2CCC[C@H]2C(=O)O)cc1C(=O)N(C)C. The van der Waals surface area contributed by atoms with Gasteiger partial charge in [0.2, 0.25) is 10.0 Å². The first kappa shape index (κ1) is 18.2. The molecule has 1 amide bonds. The zero-order valence-electron chi connectivity index (χ0n) is 13.7. The van der Waals surface area contributed by atoms with Gasteiger partial charge >= 0.3 is 5.97 Å². The maximum Gasteiger partial charge on any atom is 0.322 e. The number of hydrogen-bond acceptors (Lipinski definition) is 5. The van der Waals surface area contributed by atoms with Crippen LogP contribution in [0.25, 0.3) is 0 Å². The van der Waals surface area contributed by atoms with Crippen LogP contribution in [0.2, 0.25) is 0 Å². The number of benzene rings is 1. The van der Waals surface area contributed by atoms with Crippen molar-refractivity contribution in [3.63, 3.8) is 0 Å². The van der Waals surface area contributed by atoms with Gasteiger partial charge in [0, 0.05) is 20.6 Å². The van der Waals surface area contributed by atoms with E-state index < -0.39 is 27.9 Å². The van der Waals surface area contributed by atoms with Crippen molar-refractivity contribution in [2.24, 2.45) is 0 Å². The summed E-state index contributed by atoms with van der Waals surface area (Å²) in [6, 6.07) is 2.87. The molecule has 2 rings (SSSR count). The van der Waals surface area contributed by atoms with Gasteiger partial charge < -0.3 is 14.7 Å². The summed E-state index contributed by atoms with van der Waals surface area (Å²) in [6.45, 7) is 0.141. The van der Waals surface area contributed by atoms with E-state index in [1.165, 1.54) is 30.2 Å². The first-order valence-corrected chi connectivity index (χ1v) is 8.78. The Kier molecular flexibility index (Phi) is 5.14. The number of hydrogen-bond donors (Lipinski definition) is 1. The molecule has 1 N–H and O–H groups in total. The molecule has 0 radical (unpaired) electrons. The van der Waals surface area contributed by atoms with Gasteiger partial charge in [-0.3, -0.25) is 9.59 Å². The molecule has 1 aromatic rings. The van der Waals surface area contributed by atoms with Crippen LogP contribution >= 0.6 is 0 Å². The molecule has 1 aliphatic heterocycles. The Hall–Kier alpha value is -2.13. The molecule has 1 fully saturated rings. The van der Waals surface area contributed by atoms with Crippen LogP contribution in [-0.4, -0.2) is 68.4 Å². The van der Waals surface area contributed by atoms with Crippen molar-refractivity contribution in [1.82, 2.24) is 9.21 Å². The first-order valence-electron chi connectivity index (χ1n) is 7.34. The van der Waals surface area contributed by atoms with Crippen LogP contribution in [0, 0.1) is 0 Å². The van der Waals surface area contributed by atoms with E-state index in [4.69, 9.17) is 4.74 Å². The Labute approximate surface area is 140 Å². The molecule has 0 aromatic heterocycles. The highest BCUT2D eigenvalue weighted by atomic mass is 32.2. The molecule has 1 heterocycles. The molecule has 132 valence electrons. The highest BCUT2D eigenvalue weighted by molar-refractivity contribution is 7.89. The summed E-state index contributed by atoms with van der Waals surface area (Å²) < 4.78 is 31.7. The van der Waals surface area contributed by atoms with Gasteiger partial charge in [-0.2, -0.15) is 4.31 Å². The van der Waals surface area contributed by atoms with E-state index in [1.807, 2.05) is 0 Å². The Bertz CT molecular complexity index is 759. The highest BCUT2D eigenvalue weighted by Gasteiger charge is 2.39. The third-order valence-corrected chi connectivity index (χ3v) is 5.81. The number of carbonyl (C=O) groups excluding carboxylic acids is 1. The molecule has 1 saturated heterocycles. The minimum atomic E-state index is -4.01. The van der Waals surface area contributed by atoms with Crippen molar-refractivity contribution >= 4 is 21.9 Å². The zero-order chi connectivity index (χ0) is 18.1. The van der Waals surface area contributed by atoms with Crippen molar-refractivity contribution in [3.8, 4) is 5.75 Å². The van der Waals surface area contributed by atoms with Crippen molar-refractivity contribution in [2.75, 3.05) is 27.7 Å². The molecule has 1 aliphatic rings. The van der Waals surface area contributed by atoms with Crippen molar-refractivity contribution in [3.05, 3.63) is 23.8 Å². The lowest BCUT2D eigenvalue weighted by Gasteiger charge is -2.22. The Balaban J connectivity index is 2.50. The van der Waals surface area contributed by atoms with Crippen LogP contribution in [-0.2, 0) is 14.8 Å². The van der Waals surface area contributed by atoms with Crippen LogP contribution in [0.3, 0.4) is 0 Å². The maximum absolute atomic E-state index is 12.8. The van der Waals surface area contributed by atoms with Crippen molar-refractivity contribution < 1.29 is 27.9 Å². The van der Waals surface area contributed by atoms with Gasteiger partial charge in [-0.05, 0) is 31.0 Å². The Morgan fingerprint density at radius 1 is 1.33 bits per heavy atom. The second kappa shape index (κ2) is 6.78. The third-order valence-electron chi connectivity index (χ3n) is 3.90. The molecule has 24 heavy (non-hydrogen) atoms. The van der Waals surface area contributed by atoms with Gasteiger partial charge in [-0.1, -0.05) is 0 Å². The van der Waals surface area contributed by atoms with Gasteiger partial charge in [-0.15, -0.1) is 0 Å². The number of ether oxygens (including phenoxy) is 1.